The second-order valence-corrected chi connectivity index (χ2v) is 6.79. The summed E-state index contributed by atoms with van der Waals surface area (Å²) in [6.07, 6.45) is 4.15. The molecule has 1 aliphatic heterocycles. The molecule has 25 heavy (non-hydrogen) atoms. The number of aromatic nitrogens is 2. The summed E-state index contributed by atoms with van der Waals surface area (Å²) in [5, 5.41) is 3.89. The predicted molar refractivity (Wildman–Crippen MR) is 93.8 cm³/mol. The van der Waals surface area contributed by atoms with Crippen LogP contribution < -0.4 is 0 Å². The number of hydrogen-bond donors (Lipinski definition) is 0. The van der Waals surface area contributed by atoms with E-state index in [9.17, 15) is 9.59 Å². The van der Waals surface area contributed by atoms with Crippen LogP contribution in [0.4, 0.5) is 0 Å². The lowest BCUT2D eigenvalue weighted by atomic mass is 9.98. The normalized spacial score (nSPS) is 17.8. The maximum atomic E-state index is 12.7. The monoisotopic (exact) mass is 350 g/mol. The van der Waals surface area contributed by atoms with Crippen LogP contribution in [-0.2, 0) is 16.0 Å². The number of carbonyl (C=O) groups excluding carboxylic acids is 2. The zero-order valence-electron chi connectivity index (χ0n) is 15.8. The summed E-state index contributed by atoms with van der Waals surface area (Å²) in [5.74, 6) is 1.49. The molecule has 7 nitrogen and oxygen atoms in total. The van der Waals surface area contributed by atoms with E-state index in [-0.39, 0.29) is 23.8 Å². The van der Waals surface area contributed by atoms with Crippen LogP contribution >= 0.6 is 0 Å². The molecule has 1 aromatic heterocycles. The van der Waals surface area contributed by atoms with Crippen molar-refractivity contribution in [1.82, 2.24) is 19.9 Å². The maximum absolute atomic E-state index is 12.7. The molecule has 0 spiro atoms. The summed E-state index contributed by atoms with van der Waals surface area (Å²) in [6, 6.07) is 0.0672. The minimum atomic E-state index is 0.0297. The number of nitrogens with zero attached hydrogens (tertiary/aromatic N) is 4. The van der Waals surface area contributed by atoms with Crippen LogP contribution in [0.25, 0.3) is 0 Å². The average Bonchev–Trinajstić information content (AvgIpc) is 3.01. The van der Waals surface area contributed by atoms with E-state index in [0.717, 1.165) is 32.2 Å². The highest BCUT2D eigenvalue weighted by Gasteiger charge is 2.31. The van der Waals surface area contributed by atoms with Crippen LogP contribution in [0.15, 0.2) is 4.52 Å². The summed E-state index contributed by atoms with van der Waals surface area (Å²) >= 11 is 0. The molecule has 1 fully saturated rings. The van der Waals surface area contributed by atoms with Gasteiger partial charge in [-0.05, 0) is 25.7 Å². The molecular formula is C18H30N4O3. The molecule has 1 aromatic rings. The van der Waals surface area contributed by atoms with Crippen molar-refractivity contribution >= 4 is 11.8 Å². The number of piperidine rings is 1. The van der Waals surface area contributed by atoms with Gasteiger partial charge in [0.15, 0.2) is 5.82 Å². The molecule has 140 valence electrons. The highest BCUT2D eigenvalue weighted by molar-refractivity contribution is 5.79. The number of hydrogen-bond acceptors (Lipinski definition) is 5. The Morgan fingerprint density at radius 1 is 1.36 bits per heavy atom. The minimum Gasteiger partial charge on any atom is -0.340 e. The molecule has 0 N–H and O–H groups in total. The Bertz CT molecular complexity index is 583. The quantitative estimate of drug-likeness (QED) is 0.753. The largest absolute Gasteiger partial charge is 0.340 e. The Hall–Kier alpha value is -1.92. The molecule has 1 atom stereocenters. The number of amides is 2. The highest BCUT2D eigenvalue weighted by Crippen LogP contribution is 2.20. The first-order valence-electron chi connectivity index (χ1n) is 9.31. The summed E-state index contributed by atoms with van der Waals surface area (Å²) in [5.41, 5.74) is 0. The SMILES string of the molecule is CCC(CC)C(=O)N1CCCC(N(CCc2noc(C)n2)C(C)=O)C1. The van der Waals surface area contributed by atoms with E-state index >= 15 is 0 Å². The van der Waals surface area contributed by atoms with Gasteiger partial charge < -0.3 is 14.3 Å². The van der Waals surface area contributed by atoms with Gasteiger partial charge in [0.1, 0.15) is 0 Å². The van der Waals surface area contributed by atoms with Gasteiger partial charge in [0, 0.05) is 51.9 Å². The summed E-state index contributed by atoms with van der Waals surface area (Å²) in [7, 11) is 0. The lowest BCUT2D eigenvalue weighted by Gasteiger charge is -2.40. The Morgan fingerprint density at radius 3 is 2.64 bits per heavy atom. The Balaban J connectivity index is 1.99. The van der Waals surface area contributed by atoms with Crippen molar-refractivity contribution in [2.24, 2.45) is 5.92 Å². The summed E-state index contributed by atoms with van der Waals surface area (Å²) in [6.45, 7) is 9.42. The Labute approximate surface area is 149 Å². The Morgan fingerprint density at radius 2 is 2.08 bits per heavy atom. The van der Waals surface area contributed by atoms with E-state index < -0.39 is 0 Å². The molecule has 7 heteroatoms. The number of aryl methyl sites for hydroxylation is 1. The zero-order valence-corrected chi connectivity index (χ0v) is 15.8. The van der Waals surface area contributed by atoms with Crippen molar-refractivity contribution in [3.05, 3.63) is 11.7 Å². The van der Waals surface area contributed by atoms with Gasteiger partial charge in [-0.3, -0.25) is 9.59 Å². The van der Waals surface area contributed by atoms with Crippen LogP contribution in [0.5, 0.6) is 0 Å². The summed E-state index contributed by atoms with van der Waals surface area (Å²) < 4.78 is 4.98. The van der Waals surface area contributed by atoms with Crippen molar-refractivity contribution < 1.29 is 14.1 Å². The van der Waals surface area contributed by atoms with E-state index in [2.05, 4.69) is 24.0 Å². The second kappa shape index (κ2) is 8.97. The first kappa shape index (κ1) is 19.4. The van der Waals surface area contributed by atoms with Gasteiger partial charge in [-0.1, -0.05) is 19.0 Å². The number of rotatable bonds is 7. The molecule has 1 unspecified atom stereocenters. The molecule has 0 bridgehead atoms. The average molecular weight is 350 g/mol. The molecular weight excluding hydrogens is 320 g/mol. The third-order valence-corrected chi connectivity index (χ3v) is 5.03. The fourth-order valence-corrected chi connectivity index (χ4v) is 3.57. The van der Waals surface area contributed by atoms with Crippen LogP contribution in [0, 0.1) is 12.8 Å². The number of carbonyl (C=O) groups is 2. The van der Waals surface area contributed by atoms with Crippen molar-refractivity contribution in [2.75, 3.05) is 19.6 Å². The Kier molecular flexibility index (Phi) is 6.96. The van der Waals surface area contributed by atoms with Gasteiger partial charge in [-0.15, -0.1) is 0 Å². The lowest BCUT2D eigenvalue weighted by Crippen LogP contribution is -2.52. The third kappa shape index (κ3) is 5.03. The van der Waals surface area contributed by atoms with Crippen molar-refractivity contribution in [1.29, 1.82) is 0 Å². The fraction of sp³-hybridized carbons (Fsp3) is 0.778. The molecule has 0 saturated carbocycles. The fourth-order valence-electron chi connectivity index (χ4n) is 3.57. The van der Waals surface area contributed by atoms with Gasteiger partial charge >= 0.3 is 0 Å². The molecule has 2 rings (SSSR count). The van der Waals surface area contributed by atoms with Gasteiger partial charge in [0.2, 0.25) is 17.7 Å². The lowest BCUT2D eigenvalue weighted by molar-refractivity contribution is -0.141. The van der Waals surface area contributed by atoms with Crippen LogP contribution in [-0.4, -0.2) is 57.4 Å². The van der Waals surface area contributed by atoms with Crippen LogP contribution in [0.2, 0.25) is 0 Å². The van der Waals surface area contributed by atoms with Gasteiger partial charge in [0.05, 0.1) is 0 Å². The smallest absolute Gasteiger partial charge is 0.225 e. The molecule has 2 amide bonds. The molecule has 1 aliphatic rings. The molecule has 2 heterocycles. The van der Waals surface area contributed by atoms with Crippen molar-refractivity contribution in [2.45, 2.75) is 65.8 Å². The number of likely N-dealkylation sites (tertiary alicyclic amines) is 1. The molecule has 0 radical (unpaired) electrons. The predicted octanol–water partition coefficient (Wildman–Crippen LogP) is 2.20. The van der Waals surface area contributed by atoms with E-state index in [0.29, 0.717) is 31.2 Å². The van der Waals surface area contributed by atoms with Crippen molar-refractivity contribution in [3.8, 4) is 0 Å². The second-order valence-electron chi connectivity index (χ2n) is 6.79. The maximum Gasteiger partial charge on any atom is 0.225 e. The first-order valence-corrected chi connectivity index (χ1v) is 9.31. The van der Waals surface area contributed by atoms with E-state index in [1.54, 1.807) is 13.8 Å². The first-order chi connectivity index (χ1) is 12.0. The molecule has 0 aromatic carbocycles. The van der Waals surface area contributed by atoms with E-state index in [1.807, 2.05) is 9.80 Å². The minimum absolute atomic E-state index is 0.0297. The molecule has 0 aliphatic carbocycles. The van der Waals surface area contributed by atoms with Gasteiger partial charge in [0.25, 0.3) is 0 Å². The van der Waals surface area contributed by atoms with E-state index in [4.69, 9.17) is 4.52 Å². The summed E-state index contributed by atoms with van der Waals surface area (Å²) in [4.78, 5) is 32.8. The third-order valence-electron chi connectivity index (χ3n) is 5.03. The van der Waals surface area contributed by atoms with Gasteiger partial charge in [-0.2, -0.15) is 4.98 Å². The van der Waals surface area contributed by atoms with E-state index in [1.165, 1.54) is 0 Å². The molecule has 1 saturated heterocycles. The van der Waals surface area contributed by atoms with Crippen LogP contribution in [0.3, 0.4) is 0 Å². The van der Waals surface area contributed by atoms with Gasteiger partial charge in [-0.25, -0.2) is 0 Å². The standard InChI is InChI=1S/C18H30N4O3/c1-5-15(6-2)18(24)21-10-7-8-16(12-21)22(14(4)23)11-9-17-19-13(3)25-20-17/h15-16H,5-12H2,1-4H3. The van der Waals surface area contributed by atoms with Crippen LogP contribution in [0.1, 0.15) is 58.2 Å². The zero-order chi connectivity index (χ0) is 18.4. The van der Waals surface area contributed by atoms with Crippen molar-refractivity contribution in [3.63, 3.8) is 0 Å². The topological polar surface area (TPSA) is 79.5 Å². The highest BCUT2D eigenvalue weighted by atomic mass is 16.5.